The number of rotatable bonds is 4. The van der Waals surface area contributed by atoms with Crippen LogP contribution in [0.3, 0.4) is 0 Å². The van der Waals surface area contributed by atoms with Gasteiger partial charge in [0, 0.05) is 24.0 Å². The molecule has 0 aromatic carbocycles. The van der Waals surface area contributed by atoms with E-state index in [2.05, 4.69) is 23.2 Å². The molecule has 0 spiro atoms. The van der Waals surface area contributed by atoms with Gasteiger partial charge in [-0.3, -0.25) is 4.79 Å². The number of fused-ring (bicyclic) bond motifs is 1. The number of hydrogen-bond donors (Lipinski definition) is 1. The summed E-state index contributed by atoms with van der Waals surface area (Å²) in [5, 5.41) is 3.38. The van der Waals surface area contributed by atoms with Crippen molar-refractivity contribution < 1.29 is 4.79 Å². The molecule has 0 saturated carbocycles. The zero-order chi connectivity index (χ0) is 14.7. The van der Waals surface area contributed by atoms with Crippen LogP contribution in [0.1, 0.15) is 59.1 Å². The lowest BCUT2D eigenvalue weighted by Gasteiger charge is -2.27. The molecule has 1 aromatic rings. The number of amides is 1. The summed E-state index contributed by atoms with van der Waals surface area (Å²) in [7, 11) is 0. The molecule has 1 unspecified atom stereocenters. The lowest BCUT2D eigenvalue weighted by atomic mass is 10.1. The predicted molar refractivity (Wildman–Crippen MR) is 95.4 cm³/mol. The first-order valence-corrected chi connectivity index (χ1v) is 9.24. The molecule has 3 nitrogen and oxygen atoms in total. The molecule has 1 N–H and O–H groups in total. The van der Waals surface area contributed by atoms with Crippen LogP contribution in [0.4, 0.5) is 0 Å². The average molecular weight is 343 g/mol. The zero-order valence-corrected chi connectivity index (χ0v) is 15.0. The standard InChI is InChI=1S/C17H26N2OS.ClH/c1-2-10-19(14-8-9-18-12-14)17(20)16-11-13-6-4-3-5-7-15(13)21-16;/h11,14,18H,2-10,12H2,1H3;1H. The van der Waals surface area contributed by atoms with E-state index in [0.717, 1.165) is 43.8 Å². The molecule has 1 saturated heterocycles. The molecule has 124 valence electrons. The van der Waals surface area contributed by atoms with Crippen LogP contribution < -0.4 is 5.32 Å². The molecular weight excluding hydrogens is 316 g/mol. The van der Waals surface area contributed by atoms with Crippen molar-refractivity contribution in [2.24, 2.45) is 0 Å². The van der Waals surface area contributed by atoms with Gasteiger partial charge < -0.3 is 10.2 Å². The van der Waals surface area contributed by atoms with Crippen LogP contribution in [-0.4, -0.2) is 36.5 Å². The lowest BCUT2D eigenvalue weighted by molar-refractivity contribution is 0.0697. The Bertz CT molecular complexity index is 473. The maximum absolute atomic E-state index is 12.9. The Hall–Kier alpha value is -0.580. The Labute approximate surface area is 143 Å². The fourth-order valence-electron chi connectivity index (χ4n) is 3.51. The van der Waals surface area contributed by atoms with Crippen molar-refractivity contribution in [3.05, 3.63) is 21.4 Å². The molecule has 1 aliphatic heterocycles. The summed E-state index contributed by atoms with van der Waals surface area (Å²) in [6.07, 6.45) is 8.36. The molecule has 1 amide bonds. The molecule has 1 atom stereocenters. The molecule has 1 fully saturated rings. The van der Waals surface area contributed by atoms with E-state index < -0.39 is 0 Å². The van der Waals surface area contributed by atoms with Gasteiger partial charge in [-0.25, -0.2) is 0 Å². The third kappa shape index (κ3) is 3.84. The highest BCUT2D eigenvalue weighted by Gasteiger charge is 2.28. The second-order valence-corrected chi connectivity index (χ2v) is 7.40. The normalized spacial score (nSPS) is 20.9. The van der Waals surface area contributed by atoms with Gasteiger partial charge in [0.05, 0.1) is 4.88 Å². The number of halogens is 1. The fourth-order valence-corrected chi connectivity index (χ4v) is 4.72. The zero-order valence-electron chi connectivity index (χ0n) is 13.4. The van der Waals surface area contributed by atoms with Gasteiger partial charge in [0.1, 0.15) is 0 Å². The van der Waals surface area contributed by atoms with Gasteiger partial charge in [-0.15, -0.1) is 23.7 Å². The Balaban J connectivity index is 0.00000176. The third-order valence-corrected chi connectivity index (χ3v) is 5.88. The van der Waals surface area contributed by atoms with Crippen molar-refractivity contribution in [3.8, 4) is 0 Å². The predicted octanol–water partition coefficient (Wildman–Crippen LogP) is 3.65. The molecule has 0 bridgehead atoms. The maximum Gasteiger partial charge on any atom is 0.264 e. The van der Waals surface area contributed by atoms with Crippen molar-refractivity contribution in [1.29, 1.82) is 0 Å². The number of nitrogens with zero attached hydrogens (tertiary/aromatic N) is 1. The van der Waals surface area contributed by atoms with Gasteiger partial charge in [0.15, 0.2) is 0 Å². The number of carbonyl (C=O) groups excluding carboxylic acids is 1. The van der Waals surface area contributed by atoms with E-state index in [-0.39, 0.29) is 18.3 Å². The van der Waals surface area contributed by atoms with Gasteiger partial charge in [-0.2, -0.15) is 0 Å². The first-order chi connectivity index (χ1) is 10.3. The fraction of sp³-hybridized carbons (Fsp3) is 0.706. The van der Waals surface area contributed by atoms with Gasteiger partial charge in [-0.1, -0.05) is 13.3 Å². The SMILES string of the molecule is CCCN(C(=O)c1cc2c(s1)CCCCC2)C1CCNC1.Cl. The van der Waals surface area contributed by atoms with Crippen molar-refractivity contribution in [1.82, 2.24) is 10.2 Å². The molecule has 1 aromatic heterocycles. The van der Waals surface area contributed by atoms with Crippen LogP contribution in [0.5, 0.6) is 0 Å². The van der Waals surface area contributed by atoms with Gasteiger partial charge in [0.25, 0.3) is 5.91 Å². The topological polar surface area (TPSA) is 32.3 Å². The van der Waals surface area contributed by atoms with Crippen LogP contribution in [0, 0.1) is 0 Å². The Morgan fingerprint density at radius 1 is 1.36 bits per heavy atom. The lowest BCUT2D eigenvalue weighted by Crippen LogP contribution is -2.41. The first-order valence-electron chi connectivity index (χ1n) is 8.43. The number of hydrogen-bond acceptors (Lipinski definition) is 3. The van der Waals surface area contributed by atoms with E-state index in [9.17, 15) is 4.79 Å². The Morgan fingerprint density at radius 2 is 2.18 bits per heavy atom. The summed E-state index contributed by atoms with van der Waals surface area (Å²) < 4.78 is 0. The second kappa shape index (κ2) is 8.32. The molecule has 2 aliphatic rings. The van der Waals surface area contributed by atoms with Gasteiger partial charge >= 0.3 is 0 Å². The molecule has 2 heterocycles. The molecular formula is C17H27ClN2OS. The van der Waals surface area contributed by atoms with Crippen LogP contribution in [0.15, 0.2) is 6.07 Å². The first kappa shape index (κ1) is 17.8. The van der Waals surface area contributed by atoms with Crippen molar-refractivity contribution in [2.75, 3.05) is 19.6 Å². The van der Waals surface area contributed by atoms with Gasteiger partial charge in [0.2, 0.25) is 0 Å². The van der Waals surface area contributed by atoms with E-state index in [1.54, 1.807) is 11.3 Å². The minimum atomic E-state index is 0. The number of carbonyl (C=O) groups is 1. The van der Waals surface area contributed by atoms with E-state index in [1.165, 1.54) is 36.1 Å². The van der Waals surface area contributed by atoms with Crippen LogP contribution in [-0.2, 0) is 12.8 Å². The number of nitrogens with one attached hydrogen (secondary N) is 1. The quantitative estimate of drug-likeness (QED) is 0.847. The van der Waals surface area contributed by atoms with Crippen molar-refractivity contribution >= 4 is 29.7 Å². The molecule has 1 aliphatic carbocycles. The van der Waals surface area contributed by atoms with Crippen molar-refractivity contribution in [3.63, 3.8) is 0 Å². The molecule has 0 radical (unpaired) electrons. The summed E-state index contributed by atoms with van der Waals surface area (Å²) >= 11 is 1.76. The minimum Gasteiger partial charge on any atom is -0.334 e. The summed E-state index contributed by atoms with van der Waals surface area (Å²) in [6.45, 7) is 5.04. The second-order valence-electron chi connectivity index (χ2n) is 6.26. The largest absolute Gasteiger partial charge is 0.334 e. The van der Waals surface area contributed by atoms with Gasteiger partial charge in [-0.05, 0) is 56.7 Å². The minimum absolute atomic E-state index is 0. The Kier molecular flexibility index (Phi) is 6.72. The summed E-state index contributed by atoms with van der Waals surface area (Å²) in [4.78, 5) is 17.5. The highest BCUT2D eigenvalue weighted by atomic mass is 35.5. The van der Waals surface area contributed by atoms with E-state index in [0.29, 0.717) is 6.04 Å². The van der Waals surface area contributed by atoms with E-state index in [1.807, 2.05) is 0 Å². The number of thiophene rings is 1. The Morgan fingerprint density at radius 3 is 2.91 bits per heavy atom. The van der Waals surface area contributed by atoms with Crippen LogP contribution in [0.2, 0.25) is 0 Å². The summed E-state index contributed by atoms with van der Waals surface area (Å²) in [6, 6.07) is 2.58. The van der Waals surface area contributed by atoms with Crippen LogP contribution in [0.25, 0.3) is 0 Å². The third-order valence-electron chi connectivity index (χ3n) is 4.66. The maximum atomic E-state index is 12.9. The number of aryl methyl sites for hydroxylation is 2. The van der Waals surface area contributed by atoms with E-state index in [4.69, 9.17) is 0 Å². The highest BCUT2D eigenvalue weighted by molar-refractivity contribution is 7.14. The molecule has 3 rings (SSSR count). The smallest absolute Gasteiger partial charge is 0.264 e. The molecule has 5 heteroatoms. The summed E-state index contributed by atoms with van der Waals surface area (Å²) in [5.41, 5.74) is 1.45. The van der Waals surface area contributed by atoms with Crippen LogP contribution >= 0.6 is 23.7 Å². The summed E-state index contributed by atoms with van der Waals surface area (Å²) in [5.74, 6) is 0.267. The monoisotopic (exact) mass is 342 g/mol. The molecule has 22 heavy (non-hydrogen) atoms. The van der Waals surface area contributed by atoms with E-state index >= 15 is 0 Å². The highest BCUT2D eigenvalue weighted by Crippen LogP contribution is 2.30. The average Bonchev–Trinajstić information content (AvgIpc) is 3.10. The van der Waals surface area contributed by atoms with Crippen molar-refractivity contribution in [2.45, 2.75) is 57.9 Å².